The highest BCUT2D eigenvalue weighted by molar-refractivity contribution is 7.99. The second kappa shape index (κ2) is 7.32. The van der Waals surface area contributed by atoms with E-state index in [2.05, 4.69) is 68.5 Å². The van der Waals surface area contributed by atoms with Crippen LogP contribution in [0.2, 0.25) is 0 Å². The van der Waals surface area contributed by atoms with E-state index in [1.165, 1.54) is 27.1 Å². The Balaban J connectivity index is 2.19. The van der Waals surface area contributed by atoms with E-state index in [9.17, 15) is 0 Å². The summed E-state index contributed by atoms with van der Waals surface area (Å²) in [6, 6.07) is 14.8. The van der Waals surface area contributed by atoms with E-state index in [4.69, 9.17) is 5.11 Å². The van der Waals surface area contributed by atoms with Crippen molar-refractivity contribution in [3.63, 3.8) is 0 Å². The lowest BCUT2D eigenvalue weighted by atomic mass is 10.0. The summed E-state index contributed by atoms with van der Waals surface area (Å²) in [5.74, 6) is 0.740. The first kappa shape index (κ1) is 14.9. The van der Waals surface area contributed by atoms with E-state index in [1.54, 1.807) is 11.8 Å². The summed E-state index contributed by atoms with van der Waals surface area (Å²) in [7, 11) is 0. The van der Waals surface area contributed by atoms with Crippen LogP contribution in [0.5, 0.6) is 0 Å². The Morgan fingerprint density at radius 2 is 1.70 bits per heavy atom. The third-order valence-electron chi connectivity index (χ3n) is 3.20. The highest BCUT2D eigenvalue weighted by Gasteiger charge is 1.98. The molecule has 0 atom stereocenters. The van der Waals surface area contributed by atoms with Crippen molar-refractivity contribution in [2.24, 2.45) is 0 Å². The van der Waals surface area contributed by atoms with Crippen molar-refractivity contribution in [2.75, 3.05) is 12.4 Å². The minimum absolute atomic E-state index is 0.215. The van der Waals surface area contributed by atoms with Crippen molar-refractivity contribution in [3.05, 3.63) is 64.7 Å². The molecule has 2 aromatic rings. The Morgan fingerprint density at radius 1 is 1.00 bits per heavy atom. The van der Waals surface area contributed by atoms with Crippen LogP contribution < -0.4 is 0 Å². The normalized spacial score (nSPS) is 11.2. The Bertz CT molecular complexity index is 582. The van der Waals surface area contributed by atoms with Gasteiger partial charge in [-0.2, -0.15) is 0 Å². The zero-order chi connectivity index (χ0) is 14.4. The minimum Gasteiger partial charge on any atom is -0.396 e. The summed E-state index contributed by atoms with van der Waals surface area (Å²) in [5, 5.41) is 8.88. The van der Waals surface area contributed by atoms with Crippen LogP contribution in [-0.4, -0.2) is 17.5 Å². The van der Waals surface area contributed by atoms with Gasteiger partial charge in [-0.25, -0.2) is 0 Å². The summed E-state index contributed by atoms with van der Waals surface area (Å²) >= 11 is 1.68. The highest BCUT2D eigenvalue weighted by Crippen LogP contribution is 2.21. The van der Waals surface area contributed by atoms with Crippen molar-refractivity contribution in [2.45, 2.75) is 18.7 Å². The van der Waals surface area contributed by atoms with Crippen molar-refractivity contribution >= 4 is 23.9 Å². The number of hydrogen-bond donors (Lipinski definition) is 1. The van der Waals surface area contributed by atoms with Crippen LogP contribution in [-0.2, 0) is 0 Å². The van der Waals surface area contributed by atoms with Crippen LogP contribution in [0.15, 0.2) is 47.4 Å². The summed E-state index contributed by atoms with van der Waals surface area (Å²) in [4.78, 5) is 1.20. The van der Waals surface area contributed by atoms with Gasteiger partial charge in [0.15, 0.2) is 0 Å². The molecule has 0 amide bonds. The number of aliphatic hydroxyl groups is 1. The molecule has 0 spiro atoms. The largest absolute Gasteiger partial charge is 0.396 e. The fourth-order valence-electron chi connectivity index (χ4n) is 2.14. The van der Waals surface area contributed by atoms with E-state index in [1.807, 2.05) is 0 Å². The minimum atomic E-state index is 0.215. The SMILES string of the molecule is Cc1cccc(C)c1/C=C/c1cccc(SCCO)c1. The standard InChI is InChI=1S/C18H20OS/c1-14-5-3-6-15(2)18(14)10-9-16-7-4-8-17(13-16)20-12-11-19/h3-10,13,19H,11-12H2,1-2H3/b10-9+. The van der Waals surface area contributed by atoms with Crippen molar-refractivity contribution < 1.29 is 5.11 Å². The number of thioether (sulfide) groups is 1. The summed E-state index contributed by atoms with van der Waals surface area (Å²) in [6.07, 6.45) is 4.33. The van der Waals surface area contributed by atoms with Crippen LogP contribution in [0, 0.1) is 13.8 Å². The van der Waals surface area contributed by atoms with Crippen LogP contribution in [0.1, 0.15) is 22.3 Å². The molecule has 0 aromatic heterocycles. The highest BCUT2D eigenvalue weighted by atomic mass is 32.2. The fraction of sp³-hybridized carbons (Fsp3) is 0.222. The van der Waals surface area contributed by atoms with E-state index in [-0.39, 0.29) is 6.61 Å². The predicted octanol–water partition coefficient (Wildman–Crippen LogP) is 4.56. The smallest absolute Gasteiger partial charge is 0.0525 e. The van der Waals surface area contributed by atoms with Gasteiger partial charge in [-0.3, -0.25) is 0 Å². The molecule has 0 saturated heterocycles. The molecule has 0 heterocycles. The average Bonchev–Trinajstić information content (AvgIpc) is 2.45. The van der Waals surface area contributed by atoms with Gasteiger partial charge in [0.1, 0.15) is 0 Å². The average molecular weight is 284 g/mol. The van der Waals surface area contributed by atoms with Crippen LogP contribution in [0.3, 0.4) is 0 Å². The molecule has 104 valence electrons. The van der Waals surface area contributed by atoms with E-state index < -0.39 is 0 Å². The zero-order valence-corrected chi connectivity index (χ0v) is 12.8. The predicted molar refractivity (Wildman–Crippen MR) is 89.1 cm³/mol. The monoisotopic (exact) mass is 284 g/mol. The fourth-order valence-corrected chi connectivity index (χ4v) is 2.86. The molecular formula is C18H20OS. The first-order chi connectivity index (χ1) is 9.70. The van der Waals surface area contributed by atoms with Gasteiger partial charge >= 0.3 is 0 Å². The van der Waals surface area contributed by atoms with Gasteiger partial charge in [-0.15, -0.1) is 11.8 Å². The maximum Gasteiger partial charge on any atom is 0.0525 e. The Hall–Kier alpha value is -1.51. The quantitative estimate of drug-likeness (QED) is 0.641. The number of rotatable bonds is 5. The van der Waals surface area contributed by atoms with Crippen LogP contribution in [0.25, 0.3) is 12.2 Å². The van der Waals surface area contributed by atoms with Gasteiger partial charge in [0.05, 0.1) is 6.61 Å². The molecule has 1 N–H and O–H groups in total. The lowest BCUT2D eigenvalue weighted by molar-refractivity contribution is 0.322. The van der Waals surface area contributed by atoms with Crippen molar-refractivity contribution in [3.8, 4) is 0 Å². The van der Waals surface area contributed by atoms with Gasteiger partial charge < -0.3 is 5.11 Å². The first-order valence-electron chi connectivity index (χ1n) is 6.79. The molecule has 1 nitrogen and oxygen atoms in total. The molecule has 0 saturated carbocycles. The zero-order valence-electron chi connectivity index (χ0n) is 12.0. The van der Waals surface area contributed by atoms with Crippen molar-refractivity contribution in [1.82, 2.24) is 0 Å². The van der Waals surface area contributed by atoms with Gasteiger partial charge in [0.25, 0.3) is 0 Å². The molecule has 2 aromatic carbocycles. The lowest BCUT2D eigenvalue weighted by Gasteiger charge is -2.05. The molecule has 0 fully saturated rings. The Morgan fingerprint density at radius 3 is 2.40 bits per heavy atom. The van der Waals surface area contributed by atoms with Crippen molar-refractivity contribution in [1.29, 1.82) is 0 Å². The molecule has 20 heavy (non-hydrogen) atoms. The lowest BCUT2D eigenvalue weighted by Crippen LogP contribution is -1.86. The second-order valence-electron chi connectivity index (χ2n) is 4.78. The van der Waals surface area contributed by atoms with Gasteiger partial charge in [0.2, 0.25) is 0 Å². The topological polar surface area (TPSA) is 20.2 Å². The van der Waals surface area contributed by atoms with Crippen LogP contribution in [0.4, 0.5) is 0 Å². The summed E-state index contributed by atoms with van der Waals surface area (Å²) < 4.78 is 0. The molecular weight excluding hydrogens is 264 g/mol. The Kier molecular flexibility index (Phi) is 5.45. The number of benzene rings is 2. The number of aryl methyl sites for hydroxylation is 2. The van der Waals surface area contributed by atoms with E-state index in [0.29, 0.717) is 0 Å². The molecule has 0 bridgehead atoms. The second-order valence-corrected chi connectivity index (χ2v) is 5.95. The van der Waals surface area contributed by atoms with Gasteiger partial charge in [-0.1, -0.05) is 42.5 Å². The molecule has 0 aliphatic carbocycles. The van der Waals surface area contributed by atoms with Gasteiger partial charge in [-0.05, 0) is 48.2 Å². The molecule has 0 aliphatic rings. The molecule has 0 aliphatic heterocycles. The van der Waals surface area contributed by atoms with Crippen LogP contribution >= 0.6 is 11.8 Å². The molecule has 0 unspecified atom stereocenters. The first-order valence-corrected chi connectivity index (χ1v) is 7.77. The molecule has 2 heteroatoms. The van der Waals surface area contributed by atoms with E-state index in [0.717, 1.165) is 5.75 Å². The summed E-state index contributed by atoms with van der Waals surface area (Å²) in [5.41, 5.74) is 5.08. The third kappa shape index (κ3) is 3.99. The van der Waals surface area contributed by atoms with E-state index >= 15 is 0 Å². The third-order valence-corrected chi connectivity index (χ3v) is 4.18. The molecule has 2 rings (SSSR count). The number of aliphatic hydroxyl groups excluding tert-OH is 1. The van der Waals surface area contributed by atoms with Gasteiger partial charge in [0, 0.05) is 10.6 Å². The maximum atomic E-state index is 8.88. The number of hydrogen-bond acceptors (Lipinski definition) is 2. The maximum absolute atomic E-state index is 8.88. The summed E-state index contributed by atoms with van der Waals surface area (Å²) in [6.45, 7) is 4.49. The molecule has 0 radical (unpaired) electrons. The Labute approximate surface area is 125 Å².